The maximum Gasteiger partial charge on any atom is 0.307 e. The third-order valence-electron chi connectivity index (χ3n) is 12.3. The third kappa shape index (κ3) is 8.36. The molecule has 1 N–H and O–H groups in total. The lowest BCUT2D eigenvalue weighted by Crippen LogP contribution is -2.48. The Morgan fingerprint density at radius 2 is 1.82 bits per heavy atom. The monoisotopic (exact) mass is 811 g/mol. The SMILES string of the molecule is C[C@H]1CC/C=C\[C@@H]2C[C@@]2(C(=O)NS(=O)(=O)C2(CF)CC2)CC(=O)[C@@H]2C[C@@H](Oc3nccc4c5c(ccc34)OCCO5)CN2C(=O)[C@@H](CC(=O)OC(C)(C)C)[C@H](C)C1. The van der Waals surface area contributed by atoms with Crippen LogP contribution in [0.2, 0.25) is 0 Å². The summed E-state index contributed by atoms with van der Waals surface area (Å²) in [6.07, 6.45) is 6.79. The highest BCUT2D eigenvalue weighted by molar-refractivity contribution is 7.91. The minimum Gasteiger partial charge on any atom is -0.486 e. The van der Waals surface area contributed by atoms with E-state index < -0.39 is 80.0 Å². The highest BCUT2D eigenvalue weighted by Crippen LogP contribution is 2.58. The number of rotatable bonds is 8. The first-order valence-corrected chi connectivity index (χ1v) is 21.6. The Hall–Kier alpha value is -4.27. The number of aromatic nitrogens is 1. The van der Waals surface area contributed by atoms with E-state index in [1.807, 2.05) is 25.1 Å². The standard InChI is InChI=1S/C42H54FN3O10S/c1-25-8-6-7-9-27-21-42(27,39(50)45-57(51,52)41(24-43)13-14-41)22-33(47)32-19-28(23-46(32)38(49)31(26(2)18-25)20-35(48)56-40(3,4)5)55-37-30-10-11-34-36(54-17-16-53-34)29(30)12-15-44-37/h7,9-12,15,25-28,31-32H,6,8,13-14,16-24H2,1-5H3,(H,45,50)/b9-7-/t25-,26+,27+,28+,31-,32-,42+/m0/s1. The summed E-state index contributed by atoms with van der Waals surface area (Å²) in [6, 6.07) is 4.35. The fourth-order valence-electron chi connectivity index (χ4n) is 8.79. The number of carbonyl (C=O) groups excluding carboxylic acids is 4. The summed E-state index contributed by atoms with van der Waals surface area (Å²) in [4.78, 5) is 62.9. The molecule has 5 aliphatic rings. The summed E-state index contributed by atoms with van der Waals surface area (Å²) in [6.45, 7) is 9.03. The van der Waals surface area contributed by atoms with Crippen molar-refractivity contribution < 1.29 is 50.9 Å². The highest BCUT2D eigenvalue weighted by atomic mass is 32.2. The molecule has 1 aromatic carbocycles. The predicted octanol–water partition coefficient (Wildman–Crippen LogP) is 5.63. The largest absolute Gasteiger partial charge is 0.486 e. The maximum atomic E-state index is 14.9. The van der Waals surface area contributed by atoms with Crippen molar-refractivity contribution in [1.82, 2.24) is 14.6 Å². The van der Waals surface area contributed by atoms with Crippen LogP contribution in [0.5, 0.6) is 17.4 Å². The molecule has 0 radical (unpaired) electrons. The summed E-state index contributed by atoms with van der Waals surface area (Å²) < 4.78 is 64.8. The van der Waals surface area contributed by atoms with E-state index in [1.54, 1.807) is 39.1 Å². The number of ketones is 1. The fourth-order valence-corrected chi connectivity index (χ4v) is 10.2. The number of halogens is 1. The predicted molar refractivity (Wildman–Crippen MR) is 208 cm³/mol. The molecule has 2 saturated carbocycles. The second-order valence-electron chi connectivity index (χ2n) is 17.9. The van der Waals surface area contributed by atoms with Crippen LogP contribution in [0.25, 0.3) is 10.8 Å². The Morgan fingerprint density at radius 1 is 1.07 bits per heavy atom. The Balaban J connectivity index is 1.22. The number of hydrogen-bond acceptors (Lipinski definition) is 11. The molecular weight excluding hydrogens is 758 g/mol. The molecule has 13 nitrogen and oxygen atoms in total. The number of pyridine rings is 1. The van der Waals surface area contributed by atoms with Crippen LogP contribution in [0.3, 0.4) is 0 Å². The first-order valence-electron chi connectivity index (χ1n) is 20.1. The number of Topliss-reactive ketones (excluding diaryl/α,β-unsaturated/α-hetero) is 1. The molecule has 15 heteroatoms. The molecule has 3 aliphatic heterocycles. The van der Waals surface area contributed by atoms with Gasteiger partial charge in [0, 0.05) is 29.8 Å². The molecule has 1 saturated heterocycles. The zero-order valence-corrected chi connectivity index (χ0v) is 34.2. The molecule has 310 valence electrons. The smallest absolute Gasteiger partial charge is 0.307 e. The van der Waals surface area contributed by atoms with Crippen molar-refractivity contribution in [1.29, 1.82) is 0 Å². The number of alkyl halides is 1. The molecular formula is C42H54FN3O10S. The molecule has 2 aliphatic carbocycles. The lowest BCUT2D eigenvalue weighted by Gasteiger charge is -2.32. The topological polar surface area (TPSA) is 168 Å². The van der Waals surface area contributed by atoms with E-state index >= 15 is 0 Å². The van der Waals surface area contributed by atoms with Gasteiger partial charge in [0.2, 0.25) is 27.7 Å². The zero-order chi connectivity index (χ0) is 40.9. The molecule has 1 aromatic heterocycles. The van der Waals surface area contributed by atoms with Gasteiger partial charge in [0.1, 0.15) is 36.3 Å². The maximum absolute atomic E-state index is 14.9. The van der Waals surface area contributed by atoms with E-state index in [-0.39, 0.29) is 62.8 Å². The molecule has 2 amide bonds. The number of allylic oxidation sites excluding steroid dienone is 2. The number of fused-ring (bicyclic) bond motifs is 5. The van der Waals surface area contributed by atoms with Crippen LogP contribution in [-0.2, 0) is 33.9 Å². The van der Waals surface area contributed by atoms with Crippen molar-refractivity contribution in [3.63, 3.8) is 0 Å². The average Bonchev–Trinajstić information content (AvgIpc) is 4.06. The van der Waals surface area contributed by atoms with Crippen LogP contribution in [0.1, 0.15) is 92.4 Å². The van der Waals surface area contributed by atoms with E-state index in [0.29, 0.717) is 42.9 Å². The summed E-state index contributed by atoms with van der Waals surface area (Å²) in [5, 5.41) is 1.38. The highest BCUT2D eigenvalue weighted by Gasteiger charge is 2.63. The van der Waals surface area contributed by atoms with Gasteiger partial charge >= 0.3 is 5.97 Å². The Bertz CT molecular complexity index is 2060. The van der Waals surface area contributed by atoms with E-state index in [0.717, 1.165) is 11.8 Å². The minimum atomic E-state index is -4.34. The Morgan fingerprint density at radius 3 is 2.54 bits per heavy atom. The molecule has 7 atom stereocenters. The van der Waals surface area contributed by atoms with Crippen LogP contribution in [-0.4, -0.2) is 90.8 Å². The van der Waals surface area contributed by atoms with Gasteiger partial charge in [-0.3, -0.25) is 23.9 Å². The number of nitrogens with one attached hydrogen (secondary N) is 1. The summed E-state index contributed by atoms with van der Waals surface area (Å²) in [5.41, 5.74) is -2.17. The molecule has 0 spiro atoms. The van der Waals surface area contributed by atoms with Crippen LogP contribution >= 0.6 is 0 Å². The van der Waals surface area contributed by atoms with Crippen molar-refractivity contribution >= 4 is 44.4 Å². The van der Waals surface area contributed by atoms with Gasteiger partial charge in [-0.25, -0.2) is 17.8 Å². The third-order valence-corrected chi connectivity index (χ3v) is 14.4. The van der Waals surface area contributed by atoms with Crippen LogP contribution in [0.4, 0.5) is 4.39 Å². The number of nitrogens with zero attached hydrogens (tertiary/aromatic N) is 2. The molecule has 57 heavy (non-hydrogen) atoms. The fraction of sp³-hybridized carbons (Fsp3) is 0.643. The van der Waals surface area contributed by atoms with Gasteiger partial charge in [-0.1, -0.05) is 26.0 Å². The molecule has 2 aromatic rings. The molecule has 7 rings (SSSR count). The molecule has 3 fully saturated rings. The minimum absolute atomic E-state index is 0.000872. The number of esters is 1. The first kappa shape index (κ1) is 40.9. The average molecular weight is 812 g/mol. The Kier molecular flexibility index (Phi) is 11.1. The Labute approximate surface area is 333 Å². The van der Waals surface area contributed by atoms with Gasteiger partial charge in [-0.05, 0) is 95.2 Å². The lowest BCUT2D eigenvalue weighted by molar-refractivity contribution is -0.160. The van der Waals surface area contributed by atoms with Gasteiger partial charge in [0.05, 0.1) is 30.3 Å². The normalized spacial score (nSPS) is 30.6. The second kappa shape index (κ2) is 15.5. The van der Waals surface area contributed by atoms with Crippen LogP contribution in [0.15, 0.2) is 36.5 Å². The number of carbonyl (C=O) groups is 4. The van der Waals surface area contributed by atoms with E-state index in [4.69, 9.17) is 18.9 Å². The summed E-state index contributed by atoms with van der Waals surface area (Å²) >= 11 is 0. The van der Waals surface area contributed by atoms with Gasteiger partial charge in [-0.2, -0.15) is 0 Å². The van der Waals surface area contributed by atoms with Gasteiger partial charge < -0.3 is 23.8 Å². The molecule has 0 unspecified atom stereocenters. The first-order chi connectivity index (χ1) is 27.0. The van der Waals surface area contributed by atoms with Gasteiger partial charge in [0.15, 0.2) is 17.3 Å². The van der Waals surface area contributed by atoms with E-state index in [9.17, 15) is 32.0 Å². The van der Waals surface area contributed by atoms with Crippen molar-refractivity contribution in [3.8, 4) is 17.4 Å². The number of benzene rings is 1. The van der Waals surface area contributed by atoms with Crippen LogP contribution < -0.4 is 18.9 Å². The zero-order valence-electron chi connectivity index (χ0n) is 33.4. The van der Waals surface area contributed by atoms with Gasteiger partial charge in [-0.15, -0.1) is 0 Å². The number of hydrogen-bond donors (Lipinski definition) is 1. The molecule has 0 bridgehead atoms. The van der Waals surface area contributed by atoms with Crippen molar-refractivity contribution in [2.75, 3.05) is 26.4 Å². The second-order valence-corrected chi connectivity index (χ2v) is 19.9. The summed E-state index contributed by atoms with van der Waals surface area (Å²) in [7, 11) is -4.34. The number of sulfonamides is 1. The van der Waals surface area contributed by atoms with Crippen molar-refractivity contribution in [2.45, 2.75) is 115 Å². The number of amides is 2. The summed E-state index contributed by atoms with van der Waals surface area (Å²) in [5.74, 6) is -2.06. The van der Waals surface area contributed by atoms with Crippen molar-refractivity contribution in [2.24, 2.45) is 29.1 Å². The number of ether oxygens (including phenoxy) is 4. The quantitative estimate of drug-likeness (QED) is 0.259. The van der Waals surface area contributed by atoms with E-state index in [2.05, 4.69) is 16.6 Å². The van der Waals surface area contributed by atoms with Crippen LogP contribution in [0, 0.1) is 29.1 Å². The van der Waals surface area contributed by atoms with E-state index in [1.165, 1.54) is 4.90 Å². The molecule has 4 heterocycles. The van der Waals surface area contributed by atoms with Gasteiger partial charge in [0.25, 0.3) is 0 Å². The lowest BCUT2D eigenvalue weighted by atomic mass is 9.82. The van der Waals surface area contributed by atoms with Crippen molar-refractivity contribution in [3.05, 3.63) is 36.5 Å².